The lowest BCUT2D eigenvalue weighted by molar-refractivity contribution is -0.151. The Labute approximate surface area is 387 Å². The fourth-order valence-corrected chi connectivity index (χ4v) is 9.13. The Morgan fingerprint density at radius 1 is 0.597 bits per heavy atom. The number of aromatic hydroxyl groups is 2. The molecule has 4 heterocycles. The minimum absolute atomic E-state index is 0.000373. The lowest BCUT2D eigenvalue weighted by atomic mass is 10.2. The average molecular weight is 939 g/mol. The molecule has 18 heteroatoms. The third kappa shape index (κ3) is 9.92. The summed E-state index contributed by atoms with van der Waals surface area (Å²) in [6.07, 6.45) is 0. The van der Waals surface area contributed by atoms with Crippen LogP contribution in [0.1, 0.15) is 62.4 Å². The predicted molar refractivity (Wildman–Crippen MR) is 251 cm³/mol. The van der Waals surface area contributed by atoms with Gasteiger partial charge >= 0.3 is 12.1 Å². The van der Waals surface area contributed by atoms with Gasteiger partial charge in [0.2, 0.25) is 0 Å². The molecule has 2 unspecified atom stereocenters. The lowest BCUT2D eigenvalue weighted by Gasteiger charge is -2.27. The molecule has 0 saturated heterocycles. The van der Waals surface area contributed by atoms with Gasteiger partial charge in [0, 0.05) is 31.3 Å². The Morgan fingerprint density at radius 3 is 1.57 bits per heavy atom. The Morgan fingerprint density at radius 2 is 1.06 bits per heavy atom. The number of fused-ring (bicyclic) bond motifs is 4. The van der Waals surface area contributed by atoms with Gasteiger partial charge in [0.05, 0.1) is 12.1 Å². The number of amides is 6. The van der Waals surface area contributed by atoms with Crippen LogP contribution in [0.2, 0.25) is 0 Å². The second-order valence-corrected chi connectivity index (χ2v) is 17.2. The summed E-state index contributed by atoms with van der Waals surface area (Å²) in [5.41, 5.74) is -0.366. The van der Waals surface area contributed by atoms with E-state index >= 15 is 0 Å². The highest BCUT2D eigenvalue weighted by molar-refractivity contribution is 7.19. The van der Waals surface area contributed by atoms with Crippen LogP contribution in [0.3, 0.4) is 0 Å². The van der Waals surface area contributed by atoms with E-state index in [-0.39, 0.29) is 45.8 Å². The molecule has 9 aromatic rings. The van der Waals surface area contributed by atoms with Crippen LogP contribution in [-0.2, 0) is 11.4 Å². The number of rotatable bonds is 9. The number of phenols is 2. The zero-order valence-electron chi connectivity index (χ0n) is 35.4. The molecular weight excluding hydrogens is 901 g/mol. The molecule has 67 heavy (non-hydrogen) atoms. The molecule has 0 spiro atoms. The third-order valence-electron chi connectivity index (χ3n) is 10.4. The summed E-state index contributed by atoms with van der Waals surface area (Å²) in [5.74, 6) is -3.23. The van der Waals surface area contributed by atoms with Gasteiger partial charge in [-0.15, -0.1) is 22.7 Å². The maximum atomic E-state index is 13.3. The SMILES string of the molecule is CC(c1cc2ccccc2s1)N(O)C(=O)NC(=O)c1cc(=O)c2c(O)cccc2o1.CC(c1cc2ccccc2s1)N(OCc1ccccc1)C(=O)NC(=O)c1cc(=O)c2c(O)cccc2o1. The highest BCUT2D eigenvalue weighted by atomic mass is 32.1. The first-order valence-electron chi connectivity index (χ1n) is 20.4. The van der Waals surface area contributed by atoms with Gasteiger partial charge in [-0.25, -0.2) is 9.59 Å². The minimum Gasteiger partial charge on any atom is -0.507 e. The van der Waals surface area contributed by atoms with E-state index in [9.17, 15) is 44.2 Å². The first-order valence-corrected chi connectivity index (χ1v) is 22.0. The number of urea groups is 2. The Hall–Kier alpha value is -8.16. The van der Waals surface area contributed by atoms with E-state index in [2.05, 4.69) is 5.32 Å². The number of carbonyl (C=O) groups is 4. The number of thiophene rings is 2. The molecule has 4 aromatic heterocycles. The number of nitrogens with zero attached hydrogens (tertiary/aromatic N) is 2. The van der Waals surface area contributed by atoms with E-state index in [0.29, 0.717) is 5.06 Å². The van der Waals surface area contributed by atoms with Crippen molar-refractivity contribution in [1.82, 2.24) is 20.8 Å². The minimum atomic E-state index is -1.07. The first-order chi connectivity index (χ1) is 32.2. The number of imide groups is 2. The zero-order valence-corrected chi connectivity index (χ0v) is 37.0. The molecule has 0 bridgehead atoms. The van der Waals surface area contributed by atoms with E-state index in [1.807, 2.05) is 96.3 Å². The van der Waals surface area contributed by atoms with Gasteiger partial charge < -0.3 is 19.0 Å². The molecule has 338 valence electrons. The van der Waals surface area contributed by atoms with Crippen LogP contribution in [0, 0.1) is 0 Å². The van der Waals surface area contributed by atoms with Gasteiger partial charge in [-0.2, -0.15) is 10.1 Å². The fourth-order valence-electron chi connectivity index (χ4n) is 6.93. The van der Waals surface area contributed by atoms with Crippen molar-refractivity contribution < 1.29 is 48.3 Å². The summed E-state index contributed by atoms with van der Waals surface area (Å²) in [6, 6.07) is 35.8. The molecule has 0 aliphatic carbocycles. The van der Waals surface area contributed by atoms with Crippen molar-refractivity contribution in [2.24, 2.45) is 0 Å². The van der Waals surface area contributed by atoms with Gasteiger partial charge in [0.25, 0.3) is 11.8 Å². The van der Waals surface area contributed by atoms with Gasteiger partial charge in [0.1, 0.15) is 40.0 Å². The van der Waals surface area contributed by atoms with E-state index < -0.39 is 52.6 Å². The summed E-state index contributed by atoms with van der Waals surface area (Å²) in [6.45, 7) is 3.52. The van der Waals surface area contributed by atoms with Crippen LogP contribution in [-0.4, -0.2) is 49.4 Å². The smallest absolute Gasteiger partial charge is 0.348 e. The number of hydrogen-bond acceptors (Lipinski definition) is 14. The summed E-state index contributed by atoms with van der Waals surface area (Å²) < 4.78 is 12.9. The molecule has 16 nitrogen and oxygen atoms in total. The van der Waals surface area contributed by atoms with Gasteiger partial charge in [-0.05, 0) is 78.7 Å². The summed E-state index contributed by atoms with van der Waals surface area (Å²) >= 11 is 2.94. The van der Waals surface area contributed by atoms with Crippen molar-refractivity contribution in [1.29, 1.82) is 0 Å². The Kier molecular flexibility index (Phi) is 13.2. The monoisotopic (exact) mass is 938 g/mol. The highest BCUT2D eigenvalue weighted by Gasteiger charge is 2.28. The number of carbonyl (C=O) groups excluding carboxylic acids is 4. The molecule has 0 fully saturated rings. The van der Waals surface area contributed by atoms with Crippen molar-refractivity contribution in [2.75, 3.05) is 0 Å². The predicted octanol–water partition coefficient (Wildman–Crippen LogP) is 9.77. The molecule has 0 saturated carbocycles. The average Bonchev–Trinajstić information content (AvgIpc) is 3.97. The van der Waals surface area contributed by atoms with Gasteiger partial charge in [0.15, 0.2) is 22.4 Å². The summed E-state index contributed by atoms with van der Waals surface area (Å²) in [5, 5.41) is 37.7. The maximum Gasteiger partial charge on any atom is 0.348 e. The molecule has 6 amide bonds. The summed E-state index contributed by atoms with van der Waals surface area (Å²) in [7, 11) is 0. The second-order valence-electron chi connectivity index (χ2n) is 14.9. The van der Waals surface area contributed by atoms with Crippen molar-refractivity contribution in [3.8, 4) is 11.5 Å². The molecule has 0 aliphatic heterocycles. The quantitative estimate of drug-likeness (QED) is 0.0673. The zero-order chi connectivity index (χ0) is 47.4. The summed E-state index contributed by atoms with van der Waals surface area (Å²) in [4.78, 5) is 83.1. The van der Waals surface area contributed by atoms with Crippen molar-refractivity contribution in [3.63, 3.8) is 0 Å². The number of benzene rings is 5. The third-order valence-corrected chi connectivity index (χ3v) is 13.0. The Bertz CT molecular complexity index is 3390. The molecule has 2 atom stereocenters. The van der Waals surface area contributed by atoms with Crippen LogP contribution in [0.5, 0.6) is 11.5 Å². The van der Waals surface area contributed by atoms with Crippen LogP contribution < -0.4 is 21.5 Å². The number of hydrogen-bond donors (Lipinski definition) is 5. The topological polar surface area (TPSA) is 229 Å². The number of phenolic OH excluding ortho intramolecular Hbond substituents is 2. The Balaban J connectivity index is 0.000000186. The standard InChI is InChI=1S/C28H22N2O6S.C21H16N2O6S/c1-17(25-14-19-10-5-6-13-24(19)37-25)30(35-16-18-8-3-2-4-9-18)28(34)29-27(33)23-15-21(32)26-20(31)11-7-12-22(26)36-23;1-11(18-9-12-5-2-3-8-17(12)30-18)23(28)21(27)22-20(26)16-10-14(25)19-13(24)6-4-7-15(19)29-16/h2-15,17,31H,16H2,1H3,(H,29,33,34);2-11,24,28H,1H3,(H,22,26,27). The molecule has 5 aromatic carbocycles. The van der Waals surface area contributed by atoms with Crippen molar-refractivity contribution in [2.45, 2.75) is 32.5 Å². The lowest BCUT2D eigenvalue weighted by Crippen LogP contribution is -2.44. The van der Waals surface area contributed by atoms with Crippen LogP contribution in [0.25, 0.3) is 42.1 Å². The first kappa shape index (κ1) is 45.4. The fraction of sp³-hybridized carbons (Fsp3) is 0.102. The molecule has 5 N–H and O–H groups in total. The van der Waals surface area contributed by atoms with Crippen molar-refractivity contribution >= 4 is 88.7 Å². The van der Waals surface area contributed by atoms with Gasteiger partial charge in [-0.3, -0.25) is 39.9 Å². The molecule has 0 radical (unpaired) electrons. The normalized spacial score (nSPS) is 12.0. The number of nitrogens with one attached hydrogen (secondary N) is 2. The van der Waals surface area contributed by atoms with Gasteiger partial charge in [-0.1, -0.05) is 78.9 Å². The molecule has 9 rings (SSSR count). The highest BCUT2D eigenvalue weighted by Crippen LogP contribution is 2.34. The van der Waals surface area contributed by atoms with E-state index in [4.69, 9.17) is 13.7 Å². The number of hydroxylamine groups is 4. The second kappa shape index (κ2) is 19.5. The molecular formula is C49H38N4O12S2. The van der Waals surface area contributed by atoms with Crippen molar-refractivity contribution in [3.05, 3.63) is 187 Å². The molecule has 0 aliphatic rings. The van der Waals surface area contributed by atoms with E-state index in [1.54, 1.807) is 13.8 Å². The van der Waals surface area contributed by atoms with E-state index in [1.165, 1.54) is 59.1 Å². The van der Waals surface area contributed by atoms with Crippen LogP contribution >= 0.6 is 22.7 Å². The maximum absolute atomic E-state index is 13.3. The van der Waals surface area contributed by atoms with E-state index in [0.717, 1.165) is 52.7 Å². The van der Waals surface area contributed by atoms with Crippen LogP contribution in [0.15, 0.2) is 158 Å². The largest absolute Gasteiger partial charge is 0.507 e. The van der Waals surface area contributed by atoms with Crippen LogP contribution in [0.4, 0.5) is 9.59 Å².